The molecule has 0 bridgehead atoms. The summed E-state index contributed by atoms with van der Waals surface area (Å²) in [7, 11) is -3.80. The number of aromatic carboxylic acids is 1. The molecular weight excluding hydrogens is 372 g/mol. The van der Waals surface area contributed by atoms with Crippen molar-refractivity contribution in [3.63, 3.8) is 0 Å². The molecule has 2 aliphatic rings. The lowest BCUT2D eigenvalue weighted by Gasteiger charge is -2.11. The number of aryl methyl sites for hydroxylation is 1. The van der Waals surface area contributed by atoms with Gasteiger partial charge in [0, 0.05) is 12.0 Å². The quantitative estimate of drug-likeness (QED) is 0.777. The van der Waals surface area contributed by atoms with E-state index in [1.807, 2.05) is 0 Å². The molecule has 2 heterocycles. The van der Waals surface area contributed by atoms with E-state index < -0.39 is 16.0 Å². The second-order valence-electron chi connectivity index (χ2n) is 6.61. The molecule has 1 saturated carbocycles. The van der Waals surface area contributed by atoms with Crippen LogP contribution in [0.1, 0.15) is 46.1 Å². The molecule has 2 aromatic rings. The highest BCUT2D eigenvalue weighted by Gasteiger charge is 2.30. The first kappa shape index (κ1) is 17.7. The van der Waals surface area contributed by atoms with Crippen molar-refractivity contribution in [2.24, 2.45) is 0 Å². The molecule has 27 heavy (non-hydrogen) atoms. The molecular formula is C18H18N2O6S. The topological polar surface area (TPSA) is 115 Å². The number of carbonyl (C=O) groups is 1. The van der Waals surface area contributed by atoms with Gasteiger partial charge in [-0.15, -0.1) is 0 Å². The summed E-state index contributed by atoms with van der Waals surface area (Å²) in [6.45, 7) is 1.72. The second-order valence-corrected chi connectivity index (χ2v) is 8.35. The van der Waals surface area contributed by atoms with E-state index in [-0.39, 0.29) is 29.7 Å². The maximum Gasteiger partial charge on any atom is 0.337 e. The third kappa shape index (κ3) is 3.47. The van der Waals surface area contributed by atoms with Crippen molar-refractivity contribution in [1.29, 1.82) is 0 Å². The van der Waals surface area contributed by atoms with Crippen molar-refractivity contribution >= 4 is 16.0 Å². The van der Waals surface area contributed by atoms with Crippen LogP contribution in [0.25, 0.3) is 0 Å². The molecule has 1 aromatic heterocycles. The summed E-state index contributed by atoms with van der Waals surface area (Å²) in [6.07, 6.45) is 1.80. The van der Waals surface area contributed by atoms with E-state index in [0.717, 1.165) is 12.8 Å². The van der Waals surface area contributed by atoms with Gasteiger partial charge in [0.2, 0.25) is 16.8 Å². The van der Waals surface area contributed by atoms with E-state index in [4.69, 9.17) is 9.47 Å². The fourth-order valence-corrected chi connectivity index (χ4v) is 4.26. The van der Waals surface area contributed by atoms with Crippen molar-refractivity contribution in [3.05, 3.63) is 46.8 Å². The van der Waals surface area contributed by atoms with Crippen LogP contribution in [0.5, 0.6) is 11.5 Å². The fraction of sp³-hybridized carbons (Fsp3) is 0.333. The van der Waals surface area contributed by atoms with Gasteiger partial charge >= 0.3 is 5.97 Å². The first-order valence-corrected chi connectivity index (χ1v) is 9.96. The predicted molar refractivity (Wildman–Crippen MR) is 94.5 cm³/mol. The van der Waals surface area contributed by atoms with Crippen LogP contribution in [0, 0.1) is 6.92 Å². The number of hydrogen-bond acceptors (Lipinski definition) is 6. The first-order chi connectivity index (χ1) is 12.8. The number of nitrogens with one attached hydrogen (secondary N) is 1. The summed E-state index contributed by atoms with van der Waals surface area (Å²) in [4.78, 5) is 15.8. The number of carboxylic acids is 1. The van der Waals surface area contributed by atoms with Gasteiger partial charge in [-0.05, 0) is 43.5 Å². The van der Waals surface area contributed by atoms with E-state index in [1.165, 1.54) is 18.2 Å². The number of sulfonamides is 1. The van der Waals surface area contributed by atoms with Crippen molar-refractivity contribution in [1.82, 2.24) is 9.71 Å². The van der Waals surface area contributed by atoms with Crippen LogP contribution < -0.4 is 14.2 Å². The standard InChI is InChI=1S/C18H18N2O6S/c1-10-6-14-15(26-9-25-14)7-16(10)27(23,24)19-8-12-4-5-13(18(21)22)17(20-12)11-2-3-11/h4-7,11,19H,2-3,8-9H2,1H3,(H,21,22). The Hall–Kier alpha value is -2.65. The van der Waals surface area contributed by atoms with Gasteiger partial charge in [0.1, 0.15) is 0 Å². The van der Waals surface area contributed by atoms with Crippen molar-refractivity contribution < 1.29 is 27.8 Å². The second kappa shape index (κ2) is 6.50. The molecule has 8 nitrogen and oxygen atoms in total. The van der Waals surface area contributed by atoms with Gasteiger partial charge in [-0.3, -0.25) is 4.98 Å². The predicted octanol–water partition coefficient (Wildman–Crippen LogP) is 2.17. The van der Waals surface area contributed by atoms with Crippen molar-refractivity contribution in [2.45, 2.75) is 37.1 Å². The zero-order valence-corrected chi connectivity index (χ0v) is 15.4. The Morgan fingerprint density at radius 3 is 2.63 bits per heavy atom. The summed E-state index contributed by atoms with van der Waals surface area (Å²) in [5, 5.41) is 9.27. The number of pyridine rings is 1. The van der Waals surface area contributed by atoms with Gasteiger partial charge in [0.25, 0.3) is 0 Å². The largest absolute Gasteiger partial charge is 0.478 e. The maximum absolute atomic E-state index is 12.7. The molecule has 9 heteroatoms. The van der Waals surface area contributed by atoms with Crippen LogP contribution in [0.2, 0.25) is 0 Å². The third-order valence-electron chi connectivity index (χ3n) is 4.58. The zero-order chi connectivity index (χ0) is 19.2. The minimum absolute atomic E-state index is 0.0319. The molecule has 0 spiro atoms. The number of carboxylic acid groups (broad SMARTS) is 1. The summed E-state index contributed by atoms with van der Waals surface area (Å²) < 4.78 is 38.4. The number of aromatic nitrogens is 1. The Balaban J connectivity index is 1.56. The van der Waals surface area contributed by atoms with Gasteiger partial charge in [0.15, 0.2) is 11.5 Å². The molecule has 0 amide bonds. The van der Waals surface area contributed by atoms with Crippen LogP contribution in [0.15, 0.2) is 29.2 Å². The molecule has 1 aliphatic heterocycles. The summed E-state index contributed by atoms with van der Waals surface area (Å²) in [5.41, 5.74) is 1.72. The lowest BCUT2D eigenvalue weighted by atomic mass is 10.1. The molecule has 142 valence electrons. The van der Waals surface area contributed by atoms with Gasteiger partial charge in [0.05, 0.1) is 28.4 Å². The smallest absolute Gasteiger partial charge is 0.337 e. The Morgan fingerprint density at radius 1 is 1.26 bits per heavy atom. The van der Waals surface area contributed by atoms with Gasteiger partial charge in [-0.1, -0.05) is 0 Å². The number of ether oxygens (including phenoxy) is 2. The van der Waals surface area contributed by atoms with Crippen molar-refractivity contribution in [2.75, 3.05) is 6.79 Å². The third-order valence-corrected chi connectivity index (χ3v) is 6.12. The number of hydrogen-bond donors (Lipinski definition) is 2. The highest BCUT2D eigenvalue weighted by molar-refractivity contribution is 7.89. The minimum Gasteiger partial charge on any atom is -0.478 e. The van der Waals surface area contributed by atoms with Gasteiger partial charge < -0.3 is 14.6 Å². The molecule has 1 fully saturated rings. The van der Waals surface area contributed by atoms with Gasteiger partial charge in [-0.25, -0.2) is 17.9 Å². The summed E-state index contributed by atoms with van der Waals surface area (Å²) in [6, 6.07) is 6.08. The number of benzene rings is 1. The highest BCUT2D eigenvalue weighted by atomic mass is 32.2. The molecule has 0 unspecified atom stereocenters. The number of nitrogens with zero attached hydrogens (tertiary/aromatic N) is 1. The SMILES string of the molecule is Cc1cc2c(cc1S(=O)(=O)NCc1ccc(C(=O)O)c(C3CC3)n1)OCO2. The molecule has 0 atom stereocenters. The normalized spacial score (nSPS) is 15.7. The van der Waals surface area contributed by atoms with E-state index in [0.29, 0.717) is 28.5 Å². The summed E-state index contributed by atoms with van der Waals surface area (Å²) in [5.74, 6) is 0.0312. The molecule has 2 N–H and O–H groups in total. The average molecular weight is 390 g/mol. The van der Waals surface area contributed by atoms with E-state index >= 15 is 0 Å². The molecule has 1 aromatic carbocycles. The monoisotopic (exact) mass is 390 g/mol. The lowest BCUT2D eigenvalue weighted by molar-refractivity contribution is 0.0695. The Bertz CT molecular complexity index is 1030. The average Bonchev–Trinajstić information content (AvgIpc) is 3.37. The fourth-order valence-electron chi connectivity index (χ4n) is 3.03. The van der Waals surface area contributed by atoms with Crippen LogP contribution in [0.4, 0.5) is 0 Å². The minimum atomic E-state index is -3.80. The van der Waals surface area contributed by atoms with Crippen LogP contribution in [-0.4, -0.2) is 31.3 Å². The highest BCUT2D eigenvalue weighted by Crippen LogP contribution is 2.40. The van der Waals surface area contributed by atoms with Crippen LogP contribution in [0.3, 0.4) is 0 Å². The van der Waals surface area contributed by atoms with E-state index in [2.05, 4.69) is 9.71 Å². The lowest BCUT2D eigenvalue weighted by Crippen LogP contribution is -2.25. The van der Waals surface area contributed by atoms with E-state index in [1.54, 1.807) is 13.0 Å². The van der Waals surface area contributed by atoms with Crippen molar-refractivity contribution in [3.8, 4) is 11.5 Å². The molecule has 0 radical (unpaired) electrons. The Kier molecular flexibility index (Phi) is 4.27. The Morgan fingerprint density at radius 2 is 1.96 bits per heavy atom. The molecule has 0 saturated heterocycles. The maximum atomic E-state index is 12.7. The van der Waals surface area contributed by atoms with Crippen LogP contribution in [-0.2, 0) is 16.6 Å². The number of rotatable bonds is 6. The Labute approximate surface area is 156 Å². The summed E-state index contributed by atoms with van der Waals surface area (Å²) >= 11 is 0. The number of fused-ring (bicyclic) bond motifs is 1. The molecule has 4 rings (SSSR count). The van der Waals surface area contributed by atoms with Gasteiger partial charge in [-0.2, -0.15) is 0 Å². The zero-order valence-electron chi connectivity index (χ0n) is 14.6. The first-order valence-electron chi connectivity index (χ1n) is 8.48. The van der Waals surface area contributed by atoms with Crippen LogP contribution >= 0.6 is 0 Å². The molecule has 1 aliphatic carbocycles. The van der Waals surface area contributed by atoms with E-state index in [9.17, 15) is 18.3 Å².